The topological polar surface area (TPSA) is 35.5 Å². The lowest BCUT2D eigenvalue weighted by Crippen LogP contribution is -2.18. The van der Waals surface area contributed by atoms with Crippen LogP contribution in [0.2, 0.25) is 0 Å². The van der Waals surface area contributed by atoms with Gasteiger partial charge in [0.25, 0.3) is 0 Å². The quantitative estimate of drug-likeness (QED) is 0.321. The highest BCUT2D eigenvalue weighted by Gasteiger charge is 2.37. The molecule has 0 spiro atoms. The van der Waals surface area contributed by atoms with Crippen LogP contribution < -0.4 is 9.47 Å². The van der Waals surface area contributed by atoms with Gasteiger partial charge in [-0.2, -0.15) is 13.2 Å². The number of ether oxygens (including phenoxy) is 2. The van der Waals surface area contributed by atoms with E-state index in [1.807, 2.05) is 30.3 Å². The Balaban J connectivity index is 1.70. The predicted octanol–water partition coefficient (Wildman–Crippen LogP) is 5.64. The predicted molar refractivity (Wildman–Crippen MR) is 93.6 cm³/mol. The first kappa shape index (κ1) is 19.4. The number of carbonyl (C=O) groups excluding carboxylic acids is 1. The molecule has 0 N–H and O–H groups in total. The summed E-state index contributed by atoms with van der Waals surface area (Å²) in [7, 11) is 0. The number of carbonyl (C=O) groups is 1. The molecular weight excluding hydrogens is 376 g/mol. The van der Waals surface area contributed by atoms with Gasteiger partial charge in [-0.3, -0.25) is 0 Å². The molecule has 0 amide bonds. The van der Waals surface area contributed by atoms with E-state index in [0.29, 0.717) is 18.4 Å². The third-order valence-corrected chi connectivity index (χ3v) is 3.81. The lowest BCUT2D eigenvalue weighted by Gasteiger charge is -2.13. The van der Waals surface area contributed by atoms with Crippen LogP contribution in [0.5, 0.6) is 11.5 Å². The van der Waals surface area contributed by atoms with E-state index in [9.17, 15) is 22.4 Å². The molecule has 3 rings (SSSR count). The molecule has 3 aromatic rings. The number of halogens is 4. The van der Waals surface area contributed by atoms with Gasteiger partial charge < -0.3 is 9.47 Å². The van der Waals surface area contributed by atoms with Gasteiger partial charge in [0, 0.05) is 0 Å². The van der Waals surface area contributed by atoms with Crippen LogP contribution in [0.25, 0.3) is 0 Å². The van der Waals surface area contributed by atoms with Crippen molar-refractivity contribution in [2.24, 2.45) is 0 Å². The zero-order valence-electron chi connectivity index (χ0n) is 14.4. The molecule has 0 aliphatic carbocycles. The van der Waals surface area contributed by atoms with E-state index >= 15 is 0 Å². The fourth-order valence-electron chi connectivity index (χ4n) is 2.47. The van der Waals surface area contributed by atoms with E-state index < -0.39 is 29.1 Å². The van der Waals surface area contributed by atoms with Crippen LogP contribution in [0.3, 0.4) is 0 Å². The highest BCUT2D eigenvalue weighted by Crippen LogP contribution is 2.33. The van der Waals surface area contributed by atoms with Crippen molar-refractivity contribution in [3.63, 3.8) is 0 Å². The van der Waals surface area contributed by atoms with Crippen molar-refractivity contribution in [1.29, 1.82) is 0 Å². The highest BCUT2D eigenvalue weighted by atomic mass is 19.4. The van der Waals surface area contributed by atoms with Crippen molar-refractivity contribution < 1.29 is 31.8 Å². The summed E-state index contributed by atoms with van der Waals surface area (Å²) in [5.74, 6) is -2.29. The molecule has 3 nitrogen and oxygen atoms in total. The second-order valence-electron chi connectivity index (χ2n) is 5.80. The maximum Gasteiger partial charge on any atom is 0.417 e. The molecular formula is C21H14F4O3. The summed E-state index contributed by atoms with van der Waals surface area (Å²) in [6.45, 7) is 0.324. The maximum atomic E-state index is 13.8. The van der Waals surface area contributed by atoms with E-state index in [4.69, 9.17) is 9.47 Å². The van der Waals surface area contributed by atoms with Crippen LogP contribution in [0, 0.1) is 5.82 Å². The minimum atomic E-state index is -4.88. The molecule has 0 heterocycles. The summed E-state index contributed by atoms with van der Waals surface area (Å²) in [6.07, 6.45) is -4.88. The normalized spacial score (nSPS) is 11.1. The first-order valence-electron chi connectivity index (χ1n) is 8.19. The van der Waals surface area contributed by atoms with Gasteiger partial charge in [0.1, 0.15) is 29.5 Å². The van der Waals surface area contributed by atoms with Gasteiger partial charge in [-0.15, -0.1) is 0 Å². The Labute approximate surface area is 158 Å². The van der Waals surface area contributed by atoms with Gasteiger partial charge in [0.05, 0.1) is 5.56 Å². The standard InChI is InChI=1S/C21H14F4O3/c22-18-8-4-7-17(21(23,24)25)19(18)20(26)28-16-11-9-15(10-12-16)27-13-14-5-2-1-3-6-14/h1-12H,13H2. The molecule has 144 valence electrons. The molecule has 0 atom stereocenters. The third kappa shape index (κ3) is 4.68. The molecule has 3 aromatic carbocycles. The summed E-state index contributed by atoms with van der Waals surface area (Å²) < 4.78 is 63.4. The van der Waals surface area contributed by atoms with E-state index in [0.717, 1.165) is 17.7 Å². The smallest absolute Gasteiger partial charge is 0.417 e. The van der Waals surface area contributed by atoms with Gasteiger partial charge in [-0.1, -0.05) is 36.4 Å². The van der Waals surface area contributed by atoms with Gasteiger partial charge >= 0.3 is 12.1 Å². The lowest BCUT2D eigenvalue weighted by molar-refractivity contribution is -0.138. The average molecular weight is 390 g/mol. The lowest BCUT2D eigenvalue weighted by atomic mass is 10.1. The Bertz CT molecular complexity index is 952. The summed E-state index contributed by atoms with van der Waals surface area (Å²) >= 11 is 0. The fourth-order valence-corrected chi connectivity index (χ4v) is 2.47. The maximum absolute atomic E-state index is 13.8. The van der Waals surface area contributed by atoms with Gasteiger partial charge in [-0.25, -0.2) is 9.18 Å². The number of benzene rings is 3. The molecule has 0 bridgehead atoms. The van der Waals surface area contributed by atoms with Crippen LogP contribution in [-0.4, -0.2) is 5.97 Å². The Morgan fingerprint density at radius 2 is 1.46 bits per heavy atom. The fraction of sp³-hybridized carbons (Fsp3) is 0.0952. The molecule has 0 saturated heterocycles. The van der Waals surface area contributed by atoms with Crippen molar-refractivity contribution in [2.45, 2.75) is 12.8 Å². The largest absolute Gasteiger partial charge is 0.489 e. The van der Waals surface area contributed by atoms with E-state index in [-0.39, 0.29) is 5.75 Å². The van der Waals surface area contributed by atoms with Crippen LogP contribution in [0.1, 0.15) is 21.5 Å². The number of alkyl halides is 3. The summed E-state index contributed by atoms with van der Waals surface area (Å²) in [4.78, 5) is 12.1. The molecule has 0 unspecified atom stereocenters. The zero-order valence-corrected chi connectivity index (χ0v) is 14.4. The van der Waals surface area contributed by atoms with Crippen molar-refractivity contribution in [1.82, 2.24) is 0 Å². The highest BCUT2D eigenvalue weighted by molar-refractivity contribution is 5.93. The van der Waals surface area contributed by atoms with Crippen molar-refractivity contribution >= 4 is 5.97 Å². The summed E-state index contributed by atoms with van der Waals surface area (Å²) in [6, 6.07) is 17.4. The zero-order chi connectivity index (χ0) is 20.1. The second-order valence-corrected chi connectivity index (χ2v) is 5.80. The molecule has 0 aliphatic heterocycles. The van der Waals surface area contributed by atoms with Gasteiger partial charge in [0.2, 0.25) is 0 Å². The van der Waals surface area contributed by atoms with E-state index in [1.54, 1.807) is 0 Å². The van der Waals surface area contributed by atoms with Crippen molar-refractivity contribution in [2.75, 3.05) is 0 Å². The number of rotatable bonds is 5. The van der Waals surface area contributed by atoms with Crippen molar-refractivity contribution in [3.8, 4) is 11.5 Å². The second kappa shape index (κ2) is 8.12. The Kier molecular flexibility index (Phi) is 5.63. The van der Waals surface area contributed by atoms with Crippen LogP contribution in [0.15, 0.2) is 72.8 Å². The van der Waals surface area contributed by atoms with E-state index in [2.05, 4.69) is 0 Å². The first-order valence-corrected chi connectivity index (χ1v) is 8.19. The Hall–Kier alpha value is -3.35. The number of hydrogen-bond donors (Lipinski definition) is 0. The van der Waals surface area contributed by atoms with Crippen molar-refractivity contribution in [3.05, 3.63) is 95.3 Å². The summed E-state index contributed by atoms with van der Waals surface area (Å²) in [5, 5.41) is 0. The van der Waals surface area contributed by atoms with E-state index in [1.165, 1.54) is 24.3 Å². The molecule has 7 heteroatoms. The molecule has 0 saturated carbocycles. The molecule has 0 aliphatic rings. The van der Waals surface area contributed by atoms with Gasteiger partial charge in [-0.05, 0) is 42.0 Å². The monoisotopic (exact) mass is 390 g/mol. The Morgan fingerprint density at radius 1 is 0.821 bits per heavy atom. The minimum absolute atomic E-state index is 0.0339. The first-order chi connectivity index (χ1) is 13.3. The SMILES string of the molecule is O=C(Oc1ccc(OCc2ccccc2)cc1)c1c(F)cccc1C(F)(F)F. The van der Waals surface area contributed by atoms with Crippen LogP contribution in [0.4, 0.5) is 17.6 Å². The number of hydrogen-bond acceptors (Lipinski definition) is 3. The molecule has 28 heavy (non-hydrogen) atoms. The molecule has 0 fully saturated rings. The summed E-state index contributed by atoms with van der Waals surface area (Å²) in [5.41, 5.74) is -1.59. The molecule has 0 radical (unpaired) electrons. The average Bonchev–Trinajstić information content (AvgIpc) is 2.67. The van der Waals surface area contributed by atoms with Crippen LogP contribution >= 0.6 is 0 Å². The third-order valence-electron chi connectivity index (χ3n) is 3.81. The van der Waals surface area contributed by atoms with Gasteiger partial charge in [0.15, 0.2) is 0 Å². The minimum Gasteiger partial charge on any atom is -0.489 e. The number of esters is 1. The van der Waals surface area contributed by atoms with Crippen LogP contribution in [-0.2, 0) is 12.8 Å². The molecule has 0 aromatic heterocycles. The Morgan fingerprint density at radius 3 is 2.11 bits per heavy atom.